The molecule has 1 spiro atoms. The fourth-order valence-corrected chi connectivity index (χ4v) is 9.54. The fourth-order valence-electron chi connectivity index (χ4n) is 7.19. The van der Waals surface area contributed by atoms with Gasteiger partial charge in [0.25, 0.3) is 0 Å². The van der Waals surface area contributed by atoms with E-state index in [-0.39, 0.29) is 24.3 Å². The molecule has 4 rings (SSSR count). The Morgan fingerprint density at radius 1 is 1.10 bits per heavy atom. The SMILES string of the molecule is C=CCN(CCCC)C(=O)C1N(CCCCO)C(=O)[C@@H]2[C@H](C(=O)N(CC=C)c3ccc(OCC)cc3)[C@]3(C)CCC12S3. The average Bonchev–Trinajstić information content (AvgIpc) is 3.55. The molecule has 0 saturated carbocycles. The summed E-state index contributed by atoms with van der Waals surface area (Å²) in [5.74, 6) is -0.708. The van der Waals surface area contributed by atoms with Crippen molar-refractivity contribution in [3.63, 3.8) is 0 Å². The van der Waals surface area contributed by atoms with Crippen LogP contribution in [0.3, 0.4) is 0 Å². The normalized spacial score (nSPS) is 27.6. The van der Waals surface area contributed by atoms with Crippen LogP contribution in [-0.2, 0) is 14.4 Å². The third kappa shape index (κ3) is 5.74. The first kappa shape index (κ1) is 32.1. The molecule has 0 radical (unpaired) electrons. The van der Waals surface area contributed by atoms with Gasteiger partial charge in [0.15, 0.2) is 0 Å². The second kappa shape index (κ2) is 13.7. The average molecular weight is 598 g/mol. The number of benzene rings is 1. The molecule has 3 aliphatic rings. The van der Waals surface area contributed by atoms with E-state index in [0.717, 1.165) is 30.7 Å². The molecule has 9 heteroatoms. The number of unbranched alkanes of at least 4 members (excludes halogenated alkanes) is 2. The highest BCUT2D eigenvalue weighted by molar-refractivity contribution is 8.02. The lowest BCUT2D eigenvalue weighted by molar-refractivity contribution is -0.143. The Balaban J connectivity index is 1.74. The van der Waals surface area contributed by atoms with Crippen molar-refractivity contribution < 1.29 is 24.2 Å². The lowest BCUT2D eigenvalue weighted by Crippen LogP contribution is -2.55. The quantitative estimate of drug-likeness (QED) is 0.220. The van der Waals surface area contributed by atoms with Gasteiger partial charge in [0.1, 0.15) is 11.8 Å². The van der Waals surface area contributed by atoms with Gasteiger partial charge in [-0.2, -0.15) is 0 Å². The molecule has 0 aromatic heterocycles. The van der Waals surface area contributed by atoms with Crippen molar-refractivity contribution in [1.82, 2.24) is 9.80 Å². The zero-order valence-corrected chi connectivity index (χ0v) is 26.2. The first-order valence-electron chi connectivity index (χ1n) is 15.4. The molecule has 3 fully saturated rings. The minimum atomic E-state index is -0.674. The molecule has 3 aliphatic heterocycles. The van der Waals surface area contributed by atoms with Crippen LogP contribution in [0.2, 0.25) is 0 Å². The number of hydrogen-bond acceptors (Lipinski definition) is 6. The highest BCUT2D eigenvalue weighted by Crippen LogP contribution is 2.71. The highest BCUT2D eigenvalue weighted by atomic mass is 32.2. The number of thioether (sulfide) groups is 1. The molecule has 8 nitrogen and oxygen atoms in total. The largest absolute Gasteiger partial charge is 0.494 e. The Bertz CT molecular complexity index is 1160. The standard InChI is InChI=1S/C33H47N3O5S/c1-6-10-21-34(19-7-2)31(40)28-33-18-17-32(5,42-33)26(27(33)30(39)36(28)22-11-12-23-37)29(38)35(20-8-3)24-13-15-25(16-14-24)41-9-4/h7-8,13-16,26-28,37H,2-3,6,9-12,17-23H2,1,4-5H3/t26-,27+,28?,32+,33?/m1/s1. The Hall–Kier alpha value is -2.78. The van der Waals surface area contributed by atoms with Crippen molar-refractivity contribution in [3.8, 4) is 5.75 Å². The number of nitrogens with zero attached hydrogens (tertiary/aromatic N) is 3. The Kier molecular flexibility index (Phi) is 10.5. The molecule has 2 unspecified atom stereocenters. The predicted octanol–water partition coefficient (Wildman–Crippen LogP) is 4.67. The van der Waals surface area contributed by atoms with Gasteiger partial charge >= 0.3 is 0 Å². The number of anilines is 1. The molecule has 42 heavy (non-hydrogen) atoms. The number of hydrogen-bond donors (Lipinski definition) is 1. The number of amides is 3. The molecule has 1 aromatic rings. The van der Waals surface area contributed by atoms with Gasteiger partial charge in [-0.25, -0.2) is 0 Å². The van der Waals surface area contributed by atoms with E-state index in [9.17, 15) is 19.5 Å². The summed E-state index contributed by atoms with van der Waals surface area (Å²) in [6, 6.07) is 6.80. The summed E-state index contributed by atoms with van der Waals surface area (Å²) in [5, 5.41) is 9.46. The van der Waals surface area contributed by atoms with E-state index in [1.54, 1.807) is 33.7 Å². The van der Waals surface area contributed by atoms with Crippen LogP contribution in [0, 0.1) is 11.8 Å². The van der Waals surface area contributed by atoms with Crippen molar-refractivity contribution in [2.24, 2.45) is 11.8 Å². The van der Waals surface area contributed by atoms with E-state index in [1.807, 2.05) is 36.1 Å². The molecule has 5 atom stereocenters. The topological polar surface area (TPSA) is 90.4 Å². The van der Waals surface area contributed by atoms with Gasteiger partial charge in [-0.3, -0.25) is 14.4 Å². The summed E-state index contributed by atoms with van der Waals surface area (Å²) in [6.45, 7) is 16.2. The minimum Gasteiger partial charge on any atom is -0.494 e. The van der Waals surface area contributed by atoms with Crippen LogP contribution < -0.4 is 9.64 Å². The van der Waals surface area contributed by atoms with Gasteiger partial charge in [0, 0.05) is 43.2 Å². The van der Waals surface area contributed by atoms with Gasteiger partial charge < -0.3 is 24.5 Å². The monoisotopic (exact) mass is 597 g/mol. The molecule has 2 bridgehead atoms. The van der Waals surface area contributed by atoms with Crippen molar-refractivity contribution in [3.05, 3.63) is 49.6 Å². The summed E-state index contributed by atoms with van der Waals surface area (Å²) in [5.41, 5.74) is 0.725. The Morgan fingerprint density at radius 3 is 2.43 bits per heavy atom. The Morgan fingerprint density at radius 2 is 1.81 bits per heavy atom. The van der Waals surface area contributed by atoms with Gasteiger partial charge in [-0.05, 0) is 70.2 Å². The van der Waals surface area contributed by atoms with Gasteiger partial charge in [0.2, 0.25) is 17.7 Å². The summed E-state index contributed by atoms with van der Waals surface area (Å²) >= 11 is 1.69. The summed E-state index contributed by atoms with van der Waals surface area (Å²) in [7, 11) is 0. The van der Waals surface area contributed by atoms with Crippen LogP contribution in [0.4, 0.5) is 5.69 Å². The van der Waals surface area contributed by atoms with E-state index < -0.39 is 27.4 Å². The lowest BCUT2D eigenvalue weighted by atomic mass is 9.66. The van der Waals surface area contributed by atoms with Crippen molar-refractivity contribution in [2.45, 2.75) is 74.8 Å². The van der Waals surface area contributed by atoms with Gasteiger partial charge in [-0.15, -0.1) is 24.9 Å². The van der Waals surface area contributed by atoms with E-state index in [1.165, 1.54) is 0 Å². The maximum atomic E-state index is 14.6. The van der Waals surface area contributed by atoms with Crippen molar-refractivity contribution >= 4 is 35.2 Å². The smallest absolute Gasteiger partial charge is 0.247 e. The van der Waals surface area contributed by atoms with E-state index in [4.69, 9.17) is 4.74 Å². The van der Waals surface area contributed by atoms with Crippen molar-refractivity contribution in [2.75, 3.05) is 44.3 Å². The maximum Gasteiger partial charge on any atom is 0.247 e. The zero-order valence-electron chi connectivity index (χ0n) is 25.4. The highest BCUT2D eigenvalue weighted by Gasteiger charge is 2.77. The number of carbonyl (C=O) groups excluding carboxylic acids is 3. The number of fused-ring (bicyclic) bond motifs is 1. The van der Waals surface area contributed by atoms with Crippen LogP contribution in [-0.4, -0.2) is 87.6 Å². The third-order valence-corrected chi connectivity index (χ3v) is 11.0. The van der Waals surface area contributed by atoms with E-state index in [0.29, 0.717) is 52.0 Å². The second-order valence-corrected chi connectivity index (χ2v) is 13.7. The number of aliphatic hydroxyl groups is 1. The fraction of sp³-hybridized carbons (Fsp3) is 0.606. The van der Waals surface area contributed by atoms with Gasteiger partial charge in [0.05, 0.1) is 23.2 Å². The Labute approximate surface area is 255 Å². The molecule has 1 aromatic carbocycles. The minimum absolute atomic E-state index is 0.0286. The molecular formula is C33H47N3O5S. The zero-order chi connectivity index (χ0) is 30.5. The molecule has 230 valence electrons. The van der Waals surface area contributed by atoms with Crippen LogP contribution >= 0.6 is 11.8 Å². The molecule has 0 aliphatic carbocycles. The van der Waals surface area contributed by atoms with Crippen LogP contribution in [0.25, 0.3) is 0 Å². The number of carbonyl (C=O) groups is 3. The molecule has 3 amide bonds. The summed E-state index contributed by atoms with van der Waals surface area (Å²) in [4.78, 5) is 48.7. The lowest BCUT2D eigenvalue weighted by Gasteiger charge is -2.38. The van der Waals surface area contributed by atoms with Gasteiger partial charge in [-0.1, -0.05) is 25.5 Å². The molecular weight excluding hydrogens is 550 g/mol. The van der Waals surface area contributed by atoms with E-state index >= 15 is 0 Å². The first-order valence-corrected chi connectivity index (χ1v) is 16.2. The van der Waals surface area contributed by atoms with Crippen LogP contribution in [0.15, 0.2) is 49.6 Å². The number of ether oxygens (including phenoxy) is 1. The van der Waals surface area contributed by atoms with Crippen LogP contribution in [0.5, 0.6) is 5.75 Å². The molecule has 3 saturated heterocycles. The summed E-state index contributed by atoms with van der Waals surface area (Å²) < 4.78 is 4.46. The molecule has 3 heterocycles. The first-order chi connectivity index (χ1) is 20.2. The molecule has 1 N–H and O–H groups in total. The maximum absolute atomic E-state index is 14.6. The number of rotatable bonds is 16. The van der Waals surface area contributed by atoms with Crippen molar-refractivity contribution in [1.29, 1.82) is 0 Å². The predicted molar refractivity (Wildman–Crippen MR) is 169 cm³/mol. The van der Waals surface area contributed by atoms with E-state index in [2.05, 4.69) is 27.0 Å². The summed E-state index contributed by atoms with van der Waals surface area (Å²) in [6.07, 6.45) is 7.88. The third-order valence-electron chi connectivity index (χ3n) is 9.06. The number of likely N-dealkylation sites (tertiary alicyclic amines) is 1. The second-order valence-electron chi connectivity index (χ2n) is 11.8. The number of aliphatic hydroxyl groups excluding tert-OH is 1. The van der Waals surface area contributed by atoms with Crippen LogP contribution in [0.1, 0.15) is 59.3 Å².